The standard InChI is InChI=1S/C20H28NO3P/c1-16(2)15-19(25(22,23-3)24-4)21-20(17-11-7-5-8-12-17)18-13-9-6-10-14-18/h5-14,16,19-21H,15H2,1-4H3/t19-/m0/s1. The molecule has 2 aromatic carbocycles. The zero-order chi connectivity index (χ0) is 18.3. The van der Waals surface area contributed by atoms with Gasteiger partial charge in [-0.3, -0.25) is 9.88 Å². The molecule has 1 atom stereocenters. The summed E-state index contributed by atoms with van der Waals surface area (Å²) >= 11 is 0. The molecule has 136 valence electrons. The molecule has 0 spiro atoms. The molecule has 2 aromatic rings. The van der Waals surface area contributed by atoms with Crippen molar-refractivity contribution < 1.29 is 13.6 Å². The summed E-state index contributed by atoms with van der Waals surface area (Å²) in [4.78, 5) is 0. The van der Waals surface area contributed by atoms with E-state index in [1.54, 1.807) is 0 Å². The van der Waals surface area contributed by atoms with Gasteiger partial charge in [-0.2, -0.15) is 0 Å². The molecule has 5 heteroatoms. The summed E-state index contributed by atoms with van der Waals surface area (Å²) in [5.41, 5.74) is 2.22. The molecule has 0 aliphatic heterocycles. The van der Waals surface area contributed by atoms with Crippen molar-refractivity contribution in [1.82, 2.24) is 5.32 Å². The van der Waals surface area contributed by atoms with E-state index in [0.29, 0.717) is 12.3 Å². The van der Waals surface area contributed by atoms with Gasteiger partial charge in [-0.1, -0.05) is 74.5 Å². The van der Waals surface area contributed by atoms with Crippen molar-refractivity contribution in [2.45, 2.75) is 32.1 Å². The fourth-order valence-corrected chi connectivity index (χ4v) is 4.60. The first kappa shape index (κ1) is 19.9. The van der Waals surface area contributed by atoms with E-state index in [-0.39, 0.29) is 6.04 Å². The first-order valence-corrected chi connectivity index (χ1v) is 10.2. The summed E-state index contributed by atoms with van der Waals surface area (Å²) in [5.74, 6) is -0.0452. The minimum Gasteiger partial charge on any atom is -0.311 e. The molecule has 0 heterocycles. The Morgan fingerprint density at radius 3 is 1.68 bits per heavy atom. The average Bonchev–Trinajstić information content (AvgIpc) is 2.65. The van der Waals surface area contributed by atoms with E-state index in [1.165, 1.54) is 14.2 Å². The van der Waals surface area contributed by atoms with Crippen LogP contribution in [0, 0.1) is 5.92 Å². The summed E-state index contributed by atoms with van der Waals surface area (Å²) < 4.78 is 23.7. The van der Waals surface area contributed by atoms with E-state index in [1.807, 2.05) is 36.4 Å². The van der Waals surface area contributed by atoms with Crippen molar-refractivity contribution >= 4 is 7.60 Å². The van der Waals surface area contributed by atoms with Crippen LogP contribution in [0.3, 0.4) is 0 Å². The van der Waals surface area contributed by atoms with Crippen LogP contribution in [0.2, 0.25) is 0 Å². The topological polar surface area (TPSA) is 47.6 Å². The number of rotatable bonds is 9. The SMILES string of the molecule is COP(=O)(OC)[C@@H](CC(C)C)NC(c1ccccc1)c1ccccc1. The number of nitrogens with one attached hydrogen (secondary N) is 1. The first-order chi connectivity index (χ1) is 12.0. The van der Waals surface area contributed by atoms with Crippen molar-refractivity contribution in [3.63, 3.8) is 0 Å². The molecular weight excluding hydrogens is 333 g/mol. The van der Waals surface area contributed by atoms with Crippen LogP contribution in [-0.4, -0.2) is 20.0 Å². The Morgan fingerprint density at radius 2 is 1.32 bits per heavy atom. The first-order valence-electron chi connectivity index (χ1n) is 8.57. The third-order valence-corrected chi connectivity index (χ3v) is 6.35. The molecule has 0 bridgehead atoms. The Balaban J connectivity index is 2.40. The molecule has 4 nitrogen and oxygen atoms in total. The van der Waals surface area contributed by atoms with Crippen LogP contribution in [-0.2, 0) is 13.6 Å². The van der Waals surface area contributed by atoms with Gasteiger partial charge in [0.05, 0.1) is 6.04 Å². The second-order valence-electron chi connectivity index (χ2n) is 6.47. The van der Waals surface area contributed by atoms with Crippen molar-refractivity contribution in [3.05, 3.63) is 71.8 Å². The van der Waals surface area contributed by atoms with E-state index in [0.717, 1.165) is 11.1 Å². The van der Waals surface area contributed by atoms with Gasteiger partial charge in [-0.25, -0.2) is 0 Å². The zero-order valence-electron chi connectivity index (χ0n) is 15.4. The minimum absolute atomic E-state index is 0.0928. The van der Waals surface area contributed by atoms with Gasteiger partial charge in [0.15, 0.2) is 0 Å². The van der Waals surface area contributed by atoms with Crippen molar-refractivity contribution in [2.24, 2.45) is 5.92 Å². The molecule has 2 rings (SSSR count). The summed E-state index contributed by atoms with van der Waals surface area (Å²) in [6.07, 6.45) is 0.690. The maximum Gasteiger partial charge on any atom is 0.346 e. The smallest absolute Gasteiger partial charge is 0.311 e. The molecule has 1 N–H and O–H groups in total. The predicted molar refractivity (Wildman–Crippen MR) is 103 cm³/mol. The lowest BCUT2D eigenvalue weighted by Crippen LogP contribution is -2.35. The summed E-state index contributed by atoms with van der Waals surface area (Å²) in [5, 5.41) is 3.55. The van der Waals surface area contributed by atoms with Crippen LogP contribution >= 0.6 is 7.60 Å². The van der Waals surface area contributed by atoms with Crippen molar-refractivity contribution in [3.8, 4) is 0 Å². The fraction of sp³-hybridized carbons (Fsp3) is 0.400. The van der Waals surface area contributed by atoms with Gasteiger partial charge in [0.25, 0.3) is 0 Å². The van der Waals surface area contributed by atoms with Crippen LogP contribution in [0.4, 0.5) is 0 Å². The second-order valence-corrected chi connectivity index (χ2v) is 8.90. The molecule has 0 saturated carbocycles. The van der Waals surface area contributed by atoms with E-state index in [9.17, 15) is 4.57 Å². The van der Waals surface area contributed by atoms with Gasteiger partial charge < -0.3 is 9.05 Å². The second kappa shape index (κ2) is 9.30. The van der Waals surface area contributed by atoms with E-state index >= 15 is 0 Å². The third-order valence-electron chi connectivity index (χ3n) is 4.21. The van der Waals surface area contributed by atoms with Crippen LogP contribution in [0.25, 0.3) is 0 Å². The van der Waals surface area contributed by atoms with Gasteiger partial charge in [0, 0.05) is 14.2 Å². The summed E-state index contributed by atoms with van der Waals surface area (Å²) in [7, 11) is -0.364. The largest absolute Gasteiger partial charge is 0.346 e. The van der Waals surface area contributed by atoms with E-state index in [4.69, 9.17) is 9.05 Å². The number of hydrogen-bond acceptors (Lipinski definition) is 4. The highest BCUT2D eigenvalue weighted by Gasteiger charge is 2.36. The van der Waals surface area contributed by atoms with E-state index in [2.05, 4.69) is 43.4 Å². The molecule has 0 saturated heterocycles. The molecule has 0 aliphatic carbocycles. The van der Waals surface area contributed by atoms with Crippen LogP contribution in [0.1, 0.15) is 37.4 Å². The Morgan fingerprint density at radius 1 is 0.880 bits per heavy atom. The minimum atomic E-state index is -3.25. The Labute approximate surface area is 151 Å². The van der Waals surface area contributed by atoms with Crippen LogP contribution in [0.5, 0.6) is 0 Å². The average molecular weight is 361 g/mol. The monoisotopic (exact) mass is 361 g/mol. The third kappa shape index (κ3) is 5.26. The molecule has 0 aliphatic rings. The molecule has 0 unspecified atom stereocenters. The van der Waals surface area contributed by atoms with Crippen LogP contribution < -0.4 is 5.32 Å². The van der Waals surface area contributed by atoms with E-state index < -0.39 is 13.4 Å². The lowest BCUT2D eigenvalue weighted by atomic mass is 9.98. The Hall–Kier alpha value is -1.45. The molecule has 0 radical (unpaired) electrons. The number of hydrogen-bond donors (Lipinski definition) is 1. The molecule has 0 fully saturated rings. The highest BCUT2D eigenvalue weighted by atomic mass is 31.2. The van der Waals surface area contributed by atoms with Gasteiger partial charge in [-0.05, 0) is 23.5 Å². The lowest BCUT2D eigenvalue weighted by molar-refractivity contribution is 0.249. The quantitative estimate of drug-likeness (QED) is 0.622. The molecule has 0 aromatic heterocycles. The Bertz CT molecular complexity index is 628. The summed E-state index contributed by atoms with van der Waals surface area (Å²) in [6, 6.07) is 20.2. The molecular formula is C20H28NO3P. The lowest BCUT2D eigenvalue weighted by Gasteiger charge is -2.31. The summed E-state index contributed by atoms with van der Waals surface area (Å²) in [6.45, 7) is 4.20. The maximum atomic E-state index is 13.1. The van der Waals surface area contributed by atoms with Crippen molar-refractivity contribution in [2.75, 3.05) is 14.2 Å². The highest BCUT2D eigenvalue weighted by Crippen LogP contribution is 2.53. The van der Waals surface area contributed by atoms with Gasteiger partial charge in [0.1, 0.15) is 5.78 Å². The number of benzene rings is 2. The fourth-order valence-electron chi connectivity index (χ4n) is 2.93. The van der Waals surface area contributed by atoms with Gasteiger partial charge in [-0.15, -0.1) is 0 Å². The molecule has 0 amide bonds. The molecule has 25 heavy (non-hydrogen) atoms. The zero-order valence-corrected chi connectivity index (χ0v) is 16.3. The van der Waals surface area contributed by atoms with Gasteiger partial charge >= 0.3 is 7.60 Å². The normalized spacial score (nSPS) is 13.4. The van der Waals surface area contributed by atoms with Crippen molar-refractivity contribution in [1.29, 1.82) is 0 Å². The van der Waals surface area contributed by atoms with Gasteiger partial charge in [0.2, 0.25) is 0 Å². The van der Waals surface area contributed by atoms with Crippen LogP contribution in [0.15, 0.2) is 60.7 Å². The Kier molecular flexibility index (Phi) is 7.39. The predicted octanol–water partition coefficient (Wildman–Crippen LogP) is 5.22. The maximum absolute atomic E-state index is 13.1. The highest BCUT2D eigenvalue weighted by molar-refractivity contribution is 7.54.